The third-order valence-corrected chi connectivity index (χ3v) is 3.81. The molecule has 0 saturated heterocycles. The highest BCUT2D eigenvalue weighted by atomic mass is 16.5. The van der Waals surface area contributed by atoms with Crippen LogP contribution in [0.3, 0.4) is 0 Å². The second-order valence-corrected chi connectivity index (χ2v) is 5.39. The molecule has 0 spiro atoms. The van der Waals surface area contributed by atoms with E-state index in [1.54, 1.807) is 6.92 Å². The van der Waals surface area contributed by atoms with Crippen molar-refractivity contribution in [3.05, 3.63) is 35.1 Å². The molecule has 1 aliphatic heterocycles. The summed E-state index contributed by atoms with van der Waals surface area (Å²) in [5.74, 6) is -2.68. The van der Waals surface area contributed by atoms with E-state index in [0.29, 0.717) is 12.2 Å². The van der Waals surface area contributed by atoms with Gasteiger partial charge in [0.15, 0.2) is 23.0 Å². The smallest absolute Gasteiger partial charge is 0.325 e. The minimum atomic E-state index is -0.982. The van der Waals surface area contributed by atoms with Crippen molar-refractivity contribution in [3.8, 4) is 11.5 Å². The molecule has 2 N–H and O–H groups in total. The van der Waals surface area contributed by atoms with Gasteiger partial charge in [0.2, 0.25) is 0 Å². The molecule has 0 bridgehead atoms. The van der Waals surface area contributed by atoms with Gasteiger partial charge in [-0.2, -0.15) is 0 Å². The van der Waals surface area contributed by atoms with Crippen molar-refractivity contribution in [1.82, 2.24) is 4.90 Å². The van der Waals surface area contributed by atoms with Crippen LogP contribution in [0.1, 0.15) is 25.5 Å². The van der Waals surface area contributed by atoms with Gasteiger partial charge >= 0.3 is 5.97 Å². The van der Waals surface area contributed by atoms with Crippen molar-refractivity contribution in [2.45, 2.75) is 19.9 Å². The molecular weight excluding hydrogens is 330 g/mol. The number of carbonyl (C=O) groups excluding carboxylic acids is 3. The summed E-state index contributed by atoms with van der Waals surface area (Å²) in [5.41, 5.74) is 0.287. The van der Waals surface area contributed by atoms with Crippen LogP contribution in [0.25, 0.3) is 0 Å². The first-order valence-corrected chi connectivity index (χ1v) is 7.59. The van der Waals surface area contributed by atoms with Crippen molar-refractivity contribution < 1.29 is 34.1 Å². The van der Waals surface area contributed by atoms with Gasteiger partial charge < -0.3 is 24.6 Å². The number of benzene rings is 1. The number of phenols is 1. The monoisotopic (exact) mass is 349 g/mol. The normalized spacial score (nSPS) is 17.0. The second kappa shape index (κ2) is 7.25. The Kier molecular flexibility index (Phi) is 5.31. The van der Waals surface area contributed by atoms with E-state index in [0.717, 1.165) is 4.90 Å². The first-order valence-electron chi connectivity index (χ1n) is 7.59. The molecule has 0 unspecified atom stereocenters. The van der Waals surface area contributed by atoms with Crippen molar-refractivity contribution in [2.75, 3.05) is 20.3 Å². The minimum absolute atomic E-state index is 0.105. The maximum Gasteiger partial charge on any atom is 0.325 e. The molecule has 0 fully saturated rings. The predicted molar refractivity (Wildman–Crippen MR) is 86.1 cm³/mol. The number of aliphatic hydroxyl groups excluding tert-OH is 1. The van der Waals surface area contributed by atoms with Gasteiger partial charge in [-0.15, -0.1) is 0 Å². The van der Waals surface area contributed by atoms with Crippen molar-refractivity contribution in [1.29, 1.82) is 0 Å². The summed E-state index contributed by atoms with van der Waals surface area (Å²) in [7, 11) is 1.17. The number of ether oxygens (including phenoxy) is 2. The molecule has 2 rings (SSSR count). The van der Waals surface area contributed by atoms with Crippen LogP contribution in [0.5, 0.6) is 11.5 Å². The van der Waals surface area contributed by atoms with Gasteiger partial charge in [-0.25, -0.2) is 0 Å². The molecule has 1 heterocycles. The van der Waals surface area contributed by atoms with Gasteiger partial charge in [-0.3, -0.25) is 14.4 Å². The van der Waals surface area contributed by atoms with Gasteiger partial charge in [0.05, 0.1) is 25.3 Å². The van der Waals surface area contributed by atoms with E-state index < -0.39 is 36.0 Å². The Morgan fingerprint density at radius 3 is 2.52 bits per heavy atom. The number of aliphatic hydroxyl groups is 1. The number of aromatic hydroxyl groups is 1. The molecule has 8 heteroatoms. The van der Waals surface area contributed by atoms with Crippen molar-refractivity contribution in [3.63, 3.8) is 0 Å². The molecule has 0 aromatic heterocycles. The number of Topliss-reactive ketones (excluding diaryl/α,β-unsaturated/α-hetero) is 1. The van der Waals surface area contributed by atoms with Crippen LogP contribution < -0.4 is 4.74 Å². The van der Waals surface area contributed by atoms with Crippen LogP contribution in [0.4, 0.5) is 0 Å². The van der Waals surface area contributed by atoms with Crippen LogP contribution in [0.15, 0.2) is 29.5 Å². The number of methoxy groups -OCH3 is 1. The summed E-state index contributed by atoms with van der Waals surface area (Å²) >= 11 is 0. The van der Waals surface area contributed by atoms with Crippen LogP contribution in [-0.4, -0.2) is 53.0 Å². The molecule has 1 atom stereocenters. The molecule has 8 nitrogen and oxygen atoms in total. The van der Waals surface area contributed by atoms with Crippen molar-refractivity contribution in [2.24, 2.45) is 0 Å². The Morgan fingerprint density at radius 1 is 1.28 bits per heavy atom. The Hall–Kier alpha value is -3.03. The maximum atomic E-state index is 12.3. The molecular formula is C17H19NO7. The van der Waals surface area contributed by atoms with Crippen molar-refractivity contribution >= 4 is 17.7 Å². The van der Waals surface area contributed by atoms with E-state index in [9.17, 15) is 24.6 Å². The molecule has 0 radical (unpaired) electrons. The summed E-state index contributed by atoms with van der Waals surface area (Å²) in [6.45, 7) is 2.82. The zero-order valence-corrected chi connectivity index (χ0v) is 14.1. The van der Waals surface area contributed by atoms with Crippen LogP contribution >= 0.6 is 0 Å². The highest BCUT2D eigenvalue weighted by molar-refractivity contribution is 6.08. The third-order valence-electron chi connectivity index (χ3n) is 3.81. The lowest BCUT2D eigenvalue weighted by atomic mass is 9.96. The first kappa shape index (κ1) is 18.3. The maximum absolute atomic E-state index is 12.3. The average molecular weight is 349 g/mol. The standard InChI is InChI=1S/C17H19NO7/c1-4-25-12-7-10(5-6-11(12)20)15-14(9(2)19)16(22)17(23)18(15)8-13(21)24-3/h5-7,15,20,22H,4,8H2,1-3H3/t15-/m1/s1. The fourth-order valence-corrected chi connectivity index (χ4v) is 2.70. The fraction of sp³-hybridized carbons (Fsp3) is 0.353. The molecule has 1 amide bonds. The predicted octanol–water partition coefficient (Wildman–Crippen LogP) is 1.25. The highest BCUT2D eigenvalue weighted by Gasteiger charge is 2.43. The number of esters is 1. The van der Waals surface area contributed by atoms with Gasteiger partial charge in [0.25, 0.3) is 5.91 Å². The molecule has 1 aromatic rings. The number of ketones is 1. The zero-order valence-electron chi connectivity index (χ0n) is 14.1. The van der Waals surface area contributed by atoms with Gasteiger partial charge in [-0.05, 0) is 31.5 Å². The Balaban J connectivity index is 2.55. The SMILES string of the molecule is CCOc1cc([C@@H]2C(C(C)=O)=C(O)C(=O)N2CC(=O)OC)ccc1O. The molecule has 1 aliphatic rings. The third kappa shape index (κ3) is 3.42. The Bertz CT molecular complexity index is 753. The number of nitrogens with zero attached hydrogens (tertiary/aromatic N) is 1. The molecule has 0 saturated carbocycles. The lowest BCUT2D eigenvalue weighted by molar-refractivity contribution is -0.146. The molecule has 25 heavy (non-hydrogen) atoms. The van der Waals surface area contributed by atoms with Gasteiger partial charge in [-0.1, -0.05) is 6.07 Å². The first-order chi connectivity index (χ1) is 11.8. The Labute approximate surface area is 144 Å². The van der Waals surface area contributed by atoms with Crippen LogP contribution in [0, 0.1) is 0 Å². The summed E-state index contributed by atoms with van der Waals surface area (Å²) in [4.78, 5) is 37.0. The summed E-state index contributed by atoms with van der Waals surface area (Å²) in [6, 6.07) is 3.32. The van der Waals surface area contributed by atoms with Crippen LogP contribution in [0.2, 0.25) is 0 Å². The van der Waals surface area contributed by atoms with Gasteiger partial charge in [0.1, 0.15) is 6.54 Å². The van der Waals surface area contributed by atoms with E-state index in [1.807, 2.05) is 0 Å². The van der Waals surface area contributed by atoms with E-state index >= 15 is 0 Å². The molecule has 1 aromatic carbocycles. The van der Waals surface area contributed by atoms with E-state index in [-0.39, 0.29) is 17.1 Å². The lowest BCUT2D eigenvalue weighted by Crippen LogP contribution is -2.36. The van der Waals surface area contributed by atoms with E-state index in [2.05, 4.69) is 4.74 Å². The summed E-state index contributed by atoms with van der Waals surface area (Å²) < 4.78 is 9.89. The number of rotatable bonds is 6. The summed E-state index contributed by atoms with van der Waals surface area (Å²) in [5, 5.41) is 19.9. The zero-order chi connectivity index (χ0) is 18.7. The fourth-order valence-electron chi connectivity index (χ4n) is 2.70. The van der Waals surface area contributed by atoms with Crippen LogP contribution in [-0.2, 0) is 19.1 Å². The number of hydrogen-bond acceptors (Lipinski definition) is 7. The largest absolute Gasteiger partial charge is 0.504 e. The molecule has 134 valence electrons. The number of phenolic OH excluding ortho intramolecular Hbond substituents is 1. The quantitative estimate of drug-likeness (QED) is 0.743. The average Bonchev–Trinajstić information content (AvgIpc) is 2.82. The Morgan fingerprint density at radius 2 is 1.96 bits per heavy atom. The number of amides is 1. The lowest BCUT2D eigenvalue weighted by Gasteiger charge is -2.25. The van der Waals surface area contributed by atoms with E-state index in [1.165, 1.54) is 32.2 Å². The number of carbonyl (C=O) groups is 3. The second-order valence-electron chi connectivity index (χ2n) is 5.39. The summed E-state index contributed by atoms with van der Waals surface area (Å²) in [6.07, 6.45) is 0. The molecule has 0 aliphatic carbocycles. The minimum Gasteiger partial charge on any atom is -0.504 e. The van der Waals surface area contributed by atoms with E-state index in [4.69, 9.17) is 4.74 Å². The highest BCUT2D eigenvalue weighted by Crippen LogP contribution is 2.40. The van der Waals surface area contributed by atoms with Gasteiger partial charge in [0, 0.05) is 0 Å². The number of hydrogen-bond donors (Lipinski definition) is 2. The topological polar surface area (TPSA) is 113 Å².